The molecule has 0 heterocycles. The molecule has 14 heavy (non-hydrogen) atoms. The minimum Gasteiger partial charge on any atom is -0.397 e. The Morgan fingerprint density at radius 3 is 2.64 bits per heavy atom. The van der Waals surface area contributed by atoms with Gasteiger partial charge in [-0.3, -0.25) is 0 Å². The van der Waals surface area contributed by atoms with E-state index >= 15 is 0 Å². The molecular weight excluding hydrogens is 178 g/mol. The number of nitrogens with two attached hydrogens (primary N) is 2. The van der Waals surface area contributed by atoms with Crippen LogP contribution >= 0.6 is 0 Å². The quantitative estimate of drug-likeness (QED) is 0.633. The van der Waals surface area contributed by atoms with Crippen LogP contribution in [0.2, 0.25) is 0 Å². The SMILES string of the molecule is COCC(C)Nc1ccc(N)c(N)c1. The molecule has 0 amide bonds. The Morgan fingerprint density at radius 1 is 1.36 bits per heavy atom. The highest BCUT2D eigenvalue weighted by atomic mass is 16.5. The maximum Gasteiger partial charge on any atom is 0.0661 e. The topological polar surface area (TPSA) is 73.3 Å². The van der Waals surface area contributed by atoms with E-state index in [1.54, 1.807) is 13.2 Å². The lowest BCUT2D eigenvalue weighted by Gasteiger charge is -2.14. The normalized spacial score (nSPS) is 12.4. The number of hydrogen-bond acceptors (Lipinski definition) is 4. The molecule has 0 aromatic heterocycles. The van der Waals surface area contributed by atoms with Crippen molar-refractivity contribution in [2.75, 3.05) is 30.5 Å². The summed E-state index contributed by atoms with van der Waals surface area (Å²) in [5.41, 5.74) is 13.4. The van der Waals surface area contributed by atoms with E-state index in [9.17, 15) is 0 Å². The average molecular weight is 195 g/mol. The number of rotatable bonds is 4. The maximum atomic E-state index is 5.67. The summed E-state index contributed by atoms with van der Waals surface area (Å²) < 4.78 is 5.01. The number of nitrogens with one attached hydrogen (secondary N) is 1. The Labute approximate surface area is 84.2 Å². The van der Waals surface area contributed by atoms with Gasteiger partial charge >= 0.3 is 0 Å². The number of nitrogen functional groups attached to an aromatic ring is 2. The second-order valence-electron chi connectivity index (χ2n) is 3.34. The van der Waals surface area contributed by atoms with Crippen LogP contribution in [0.25, 0.3) is 0 Å². The van der Waals surface area contributed by atoms with Gasteiger partial charge in [-0.15, -0.1) is 0 Å². The van der Waals surface area contributed by atoms with Gasteiger partial charge in [0, 0.05) is 18.8 Å². The highest BCUT2D eigenvalue weighted by Crippen LogP contribution is 2.19. The van der Waals surface area contributed by atoms with Crippen LogP contribution in [0.3, 0.4) is 0 Å². The predicted octanol–water partition coefficient (Wildman–Crippen LogP) is 1.30. The van der Waals surface area contributed by atoms with Gasteiger partial charge in [-0.25, -0.2) is 0 Å². The lowest BCUT2D eigenvalue weighted by Crippen LogP contribution is -2.20. The standard InChI is InChI=1S/C10H17N3O/c1-7(6-14-2)13-8-3-4-9(11)10(12)5-8/h3-5,7,13H,6,11-12H2,1-2H3. The largest absolute Gasteiger partial charge is 0.397 e. The van der Waals surface area contributed by atoms with Crippen LogP contribution in [0.1, 0.15) is 6.92 Å². The van der Waals surface area contributed by atoms with E-state index in [4.69, 9.17) is 16.2 Å². The minimum atomic E-state index is 0.253. The molecular formula is C10H17N3O. The van der Waals surface area contributed by atoms with Crippen LogP contribution in [-0.4, -0.2) is 19.8 Å². The fraction of sp³-hybridized carbons (Fsp3) is 0.400. The zero-order chi connectivity index (χ0) is 10.6. The molecule has 5 N–H and O–H groups in total. The van der Waals surface area contributed by atoms with Crippen molar-refractivity contribution in [3.63, 3.8) is 0 Å². The van der Waals surface area contributed by atoms with Crippen molar-refractivity contribution in [1.82, 2.24) is 0 Å². The van der Waals surface area contributed by atoms with E-state index in [-0.39, 0.29) is 6.04 Å². The predicted molar refractivity (Wildman–Crippen MR) is 60.2 cm³/mol. The smallest absolute Gasteiger partial charge is 0.0661 e. The summed E-state index contributed by atoms with van der Waals surface area (Å²) in [5.74, 6) is 0. The Kier molecular flexibility index (Phi) is 3.59. The third kappa shape index (κ3) is 2.81. The number of hydrogen-bond donors (Lipinski definition) is 3. The van der Waals surface area contributed by atoms with Crippen molar-refractivity contribution in [3.8, 4) is 0 Å². The van der Waals surface area contributed by atoms with Crippen molar-refractivity contribution >= 4 is 17.1 Å². The molecule has 0 fully saturated rings. The third-order valence-corrected chi connectivity index (χ3v) is 1.92. The van der Waals surface area contributed by atoms with E-state index in [0.29, 0.717) is 18.0 Å². The molecule has 4 heteroatoms. The first-order valence-electron chi connectivity index (χ1n) is 4.54. The van der Waals surface area contributed by atoms with Crippen molar-refractivity contribution in [3.05, 3.63) is 18.2 Å². The van der Waals surface area contributed by atoms with Crippen molar-refractivity contribution in [1.29, 1.82) is 0 Å². The lowest BCUT2D eigenvalue weighted by molar-refractivity contribution is 0.190. The van der Waals surface area contributed by atoms with Gasteiger partial charge < -0.3 is 21.5 Å². The first-order valence-corrected chi connectivity index (χ1v) is 4.54. The molecule has 1 aromatic rings. The molecule has 0 saturated heterocycles. The fourth-order valence-corrected chi connectivity index (χ4v) is 1.24. The van der Waals surface area contributed by atoms with E-state index in [1.807, 2.05) is 19.1 Å². The van der Waals surface area contributed by atoms with Crippen LogP contribution in [0.15, 0.2) is 18.2 Å². The first kappa shape index (κ1) is 10.7. The summed E-state index contributed by atoms with van der Waals surface area (Å²) >= 11 is 0. The molecule has 0 aliphatic carbocycles. The monoisotopic (exact) mass is 195 g/mol. The van der Waals surface area contributed by atoms with Crippen molar-refractivity contribution in [2.24, 2.45) is 0 Å². The Bertz CT molecular complexity index is 301. The zero-order valence-corrected chi connectivity index (χ0v) is 8.58. The van der Waals surface area contributed by atoms with Gasteiger partial charge in [0.15, 0.2) is 0 Å². The van der Waals surface area contributed by atoms with Gasteiger partial charge in [-0.2, -0.15) is 0 Å². The summed E-state index contributed by atoms with van der Waals surface area (Å²) in [6.07, 6.45) is 0. The van der Waals surface area contributed by atoms with Gasteiger partial charge in [0.05, 0.1) is 18.0 Å². The van der Waals surface area contributed by atoms with E-state index in [0.717, 1.165) is 5.69 Å². The zero-order valence-electron chi connectivity index (χ0n) is 8.58. The Morgan fingerprint density at radius 2 is 2.07 bits per heavy atom. The van der Waals surface area contributed by atoms with Gasteiger partial charge in [-0.1, -0.05) is 0 Å². The highest BCUT2D eigenvalue weighted by molar-refractivity contribution is 5.69. The first-order chi connectivity index (χ1) is 6.63. The summed E-state index contributed by atoms with van der Waals surface area (Å²) in [6.45, 7) is 2.69. The molecule has 0 saturated carbocycles. The molecule has 0 aliphatic rings. The van der Waals surface area contributed by atoms with E-state index in [1.165, 1.54) is 0 Å². The molecule has 0 radical (unpaired) electrons. The number of methoxy groups -OCH3 is 1. The molecule has 1 atom stereocenters. The third-order valence-electron chi connectivity index (χ3n) is 1.92. The molecule has 0 bridgehead atoms. The Hall–Kier alpha value is -1.42. The molecule has 1 rings (SSSR count). The van der Waals surface area contributed by atoms with Crippen LogP contribution in [-0.2, 0) is 4.74 Å². The van der Waals surface area contributed by atoms with E-state index in [2.05, 4.69) is 5.32 Å². The van der Waals surface area contributed by atoms with Crippen LogP contribution < -0.4 is 16.8 Å². The molecule has 78 valence electrons. The summed E-state index contributed by atoms with van der Waals surface area (Å²) in [6, 6.07) is 5.76. The summed E-state index contributed by atoms with van der Waals surface area (Å²) in [7, 11) is 1.68. The molecule has 0 spiro atoms. The van der Waals surface area contributed by atoms with Crippen LogP contribution in [0, 0.1) is 0 Å². The second kappa shape index (κ2) is 4.72. The van der Waals surface area contributed by atoms with Crippen LogP contribution in [0.5, 0.6) is 0 Å². The lowest BCUT2D eigenvalue weighted by atomic mass is 10.2. The molecule has 4 nitrogen and oxygen atoms in total. The van der Waals surface area contributed by atoms with Gasteiger partial charge in [0.2, 0.25) is 0 Å². The molecule has 1 aromatic carbocycles. The number of ether oxygens (including phenoxy) is 1. The van der Waals surface area contributed by atoms with Gasteiger partial charge in [0.25, 0.3) is 0 Å². The second-order valence-corrected chi connectivity index (χ2v) is 3.34. The maximum absolute atomic E-state index is 5.67. The molecule has 0 aliphatic heterocycles. The van der Waals surface area contributed by atoms with Gasteiger partial charge in [-0.05, 0) is 25.1 Å². The number of anilines is 3. The number of benzene rings is 1. The van der Waals surface area contributed by atoms with Gasteiger partial charge in [0.1, 0.15) is 0 Å². The Balaban J connectivity index is 2.63. The fourth-order valence-electron chi connectivity index (χ4n) is 1.24. The summed E-state index contributed by atoms with van der Waals surface area (Å²) in [4.78, 5) is 0. The van der Waals surface area contributed by atoms with E-state index < -0.39 is 0 Å². The minimum absolute atomic E-state index is 0.253. The summed E-state index contributed by atoms with van der Waals surface area (Å²) in [5, 5.41) is 3.25. The van der Waals surface area contributed by atoms with Crippen molar-refractivity contribution < 1.29 is 4.74 Å². The molecule has 1 unspecified atom stereocenters. The highest BCUT2D eigenvalue weighted by Gasteiger charge is 2.02. The van der Waals surface area contributed by atoms with Crippen molar-refractivity contribution in [2.45, 2.75) is 13.0 Å². The van der Waals surface area contributed by atoms with Crippen LogP contribution in [0.4, 0.5) is 17.1 Å². The average Bonchev–Trinajstić information content (AvgIpc) is 2.12.